The van der Waals surface area contributed by atoms with Crippen LogP contribution in [0, 0.1) is 6.92 Å². The molecule has 1 heterocycles. The first kappa shape index (κ1) is 20.0. The van der Waals surface area contributed by atoms with Gasteiger partial charge in [0.2, 0.25) is 0 Å². The highest BCUT2D eigenvalue weighted by Gasteiger charge is 2.26. The quantitative estimate of drug-likeness (QED) is 0.693. The topological polar surface area (TPSA) is 51.2 Å². The van der Waals surface area contributed by atoms with E-state index in [-0.39, 0.29) is 6.61 Å². The van der Waals surface area contributed by atoms with Crippen LogP contribution in [-0.4, -0.2) is 61.7 Å². The van der Waals surface area contributed by atoms with E-state index < -0.39 is 6.10 Å². The van der Waals surface area contributed by atoms with E-state index in [1.54, 1.807) is 7.11 Å². The largest absolute Gasteiger partial charge is 0.487 e. The number of aryl methyl sites for hydroxylation is 1. The Kier molecular flexibility index (Phi) is 8.00. The van der Waals surface area contributed by atoms with Crippen LogP contribution in [0.25, 0.3) is 0 Å². The number of β-amino-alcohol motifs (C(OH)–C–C–N with tert-alkyl or cyclic N) is 1. The predicted octanol–water partition coefficient (Wildman–Crippen LogP) is 3.02. The lowest BCUT2D eigenvalue weighted by molar-refractivity contribution is 0.0202. The molecule has 1 aromatic rings. The first-order valence-electron chi connectivity index (χ1n) is 9.30. The molecule has 0 bridgehead atoms. The van der Waals surface area contributed by atoms with Crippen LogP contribution >= 0.6 is 0 Å². The summed E-state index contributed by atoms with van der Waals surface area (Å²) in [7, 11) is 1.65. The van der Waals surface area contributed by atoms with Crippen LogP contribution in [0.3, 0.4) is 0 Å². The Morgan fingerprint density at radius 3 is 2.52 bits per heavy atom. The van der Waals surface area contributed by atoms with Crippen molar-refractivity contribution in [1.82, 2.24) is 4.90 Å². The second-order valence-corrected chi connectivity index (χ2v) is 7.08. The minimum absolute atomic E-state index is 0.264. The molecule has 1 aliphatic heterocycles. The number of likely N-dealkylation sites (tertiary alicyclic amines) is 1. The summed E-state index contributed by atoms with van der Waals surface area (Å²) in [6.07, 6.45) is 3.16. The van der Waals surface area contributed by atoms with Crippen LogP contribution in [0.5, 0.6) is 11.5 Å². The van der Waals surface area contributed by atoms with Crippen LogP contribution in [-0.2, 0) is 4.74 Å². The number of methoxy groups -OCH3 is 1. The number of aliphatic hydroxyl groups excluding tert-OH is 1. The molecule has 3 atom stereocenters. The number of hydrogen-bond donors (Lipinski definition) is 1. The van der Waals surface area contributed by atoms with Crippen molar-refractivity contribution in [2.24, 2.45) is 0 Å². The van der Waals surface area contributed by atoms with Crippen molar-refractivity contribution in [2.75, 3.05) is 33.5 Å². The number of piperidine rings is 1. The average Bonchev–Trinajstić information content (AvgIpc) is 2.58. The molecule has 2 rings (SSSR count). The van der Waals surface area contributed by atoms with Gasteiger partial charge >= 0.3 is 0 Å². The molecule has 1 aromatic carbocycles. The Hall–Kier alpha value is -1.30. The highest BCUT2D eigenvalue weighted by molar-refractivity contribution is 5.42. The van der Waals surface area contributed by atoms with Gasteiger partial charge in [0.05, 0.1) is 6.61 Å². The fraction of sp³-hybridized carbons (Fsp3) is 0.700. The number of aliphatic hydroxyl groups is 1. The summed E-state index contributed by atoms with van der Waals surface area (Å²) in [5.41, 5.74) is 1.10. The van der Waals surface area contributed by atoms with E-state index in [0.717, 1.165) is 5.56 Å². The Balaban J connectivity index is 1.89. The molecule has 0 aromatic heterocycles. The van der Waals surface area contributed by atoms with Crippen LogP contribution in [0.2, 0.25) is 0 Å². The smallest absolute Gasteiger partial charge is 0.161 e. The van der Waals surface area contributed by atoms with Gasteiger partial charge in [-0.25, -0.2) is 0 Å². The number of hydrogen-bond acceptors (Lipinski definition) is 5. The summed E-state index contributed by atoms with van der Waals surface area (Å²) in [6, 6.07) is 6.88. The monoisotopic (exact) mass is 351 g/mol. The first-order chi connectivity index (χ1) is 12.0. The zero-order chi connectivity index (χ0) is 18.2. The van der Waals surface area contributed by atoms with Crippen molar-refractivity contribution >= 4 is 0 Å². The zero-order valence-electron chi connectivity index (χ0n) is 16.0. The summed E-state index contributed by atoms with van der Waals surface area (Å²) in [5, 5.41) is 10.4. The molecular weight excluding hydrogens is 318 g/mol. The van der Waals surface area contributed by atoms with Gasteiger partial charge in [-0.05, 0) is 51.3 Å². The van der Waals surface area contributed by atoms with Crippen molar-refractivity contribution in [1.29, 1.82) is 0 Å². The average molecular weight is 351 g/mol. The van der Waals surface area contributed by atoms with Gasteiger partial charge in [-0.15, -0.1) is 0 Å². The maximum absolute atomic E-state index is 10.4. The van der Waals surface area contributed by atoms with Gasteiger partial charge in [-0.1, -0.05) is 12.5 Å². The molecule has 142 valence electrons. The maximum Gasteiger partial charge on any atom is 0.161 e. The normalized spacial score (nSPS) is 22.6. The predicted molar refractivity (Wildman–Crippen MR) is 99.5 cm³/mol. The molecule has 0 aliphatic carbocycles. The summed E-state index contributed by atoms with van der Waals surface area (Å²) in [5.74, 6) is 1.37. The number of rotatable bonds is 9. The minimum Gasteiger partial charge on any atom is -0.487 e. The number of nitrogens with zero attached hydrogens (tertiary/aromatic N) is 1. The summed E-state index contributed by atoms with van der Waals surface area (Å²) < 4.78 is 16.6. The van der Waals surface area contributed by atoms with Gasteiger partial charge in [-0.3, -0.25) is 4.90 Å². The van der Waals surface area contributed by atoms with E-state index >= 15 is 0 Å². The molecule has 1 aliphatic rings. The molecule has 1 N–H and O–H groups in total. The van der Waals surface area contributed by atoms with Gasteiger partial charge in [0.15, 0.2) is 11.5 Å². The van der Waals surface area contributed by atoms with E-state index in [0.29, 0.717) is 43.3 Å². The lowest BCUT2D eigenvalue weighted by atomic mass is 9.97. The summed E-state index contributed by atoms with van der Waals surface area (Å²) in [6.45, 7) is 8.41. The van der Waals surface area contributed by atoms with Crippen LogP contribution in [0.15, 0.2) is 18.2 Å². The maximum atomic E-state index is 10.4. The SMILES string of the molecule is COCCOc1ccc(C)cc1OCC(O)CN1C(C)CCCC1C. The van der Waals surface area contributed by atoms with E-state index in [4.69, 9.17) is 14.2 Å². The van der Waals surface area contributed by atoms with Crippen molar-refractivity contribution < 1.29 is 19.3 Å². The number of benzene rings is 1. The van der Waals surface area contributed by atoms with Gasteiger partial charge in [-0.2, -0.15) is 0 Å². The number of ether oxygens (including phenoxy) is 3. The fourth-order valence-corrected chi connectivity index (χ4v) is 3.40. The fourth-order valence-electron chi connectivity index (χ4n) is 3.40. The van der Waals surface area contributed by atoms with Crippen molar-refractivity contribution in [3.63, 3.8) is 0 Å². The molecule has 0 radical (unpaired) electrons. The second-order valence-electron chi connectivity index (χ2n) is 7.08. The lowest BCUT2D eigenvalue weighted by Gasteiger charge is -2.40. The highest BCUT2D eigenvalue weighted by Crippen LogP contribution is 2.29. The highest BCUT2D eigenvalue weighted by atomic mass is 16.5. The zero-order valence-corrected chi connectivity index (χ0v) is 16.0. The van der Waals surface area contributed by atoms with E-state index in [1.165, 1.54) is 19.3 Å². The standard InChI is InChI=1S/C20H33NO4/c1-15-8-9-19(24-11-10-23-4)20(12-15)25-14-18(22)13-21-16(2)6-5-7-17(21)3/h8-9,12,16-18,22H,5-7,10-11,13-14H2,1-4H3. The third kappa shape index (κ3) is 6.17. The summed E-state index contributed by atoms with van der Waals surface area (Å²) in [4.78, 5) is 2.39. The molecule has 0 amide bonds. The van der Waals surface area contributed by atoms with E-state index in [1.807, 2.05) is 25.1 Å². The minimum atomic E-state index is -0.518. The molecule has 25 heavy (non-hydrogen) atoms. The van der Waals surface area contributed by atoms with Crippen molar-refractivity contribution in [3.05, 3.63) is 23.8 Å². The third-order valence-corrected chi connectivity index (χ3v) is 4.87. The van der Waals surface area contributed by atoms with Gasteiger partial charge in [0, 0.05) is 25.7 Å². The van der Waals surface area contributed by atoms with Crippen molar-refractivity contribution in [3.8, 4) is 11.5 Å². The van der Waals surface area contributed by atoms with Crippen molar-refractivity contribution in [2.45, 2.75) is 58.2 Å². The molecular formula is C20H33NO4. The van der Waals surface area contributed by atoms with Crippen LogP contribution in [0.4, 0.5) is 0 Å². The molecule has 1 fully saturated rings. The van der Waals surface area contributed by atoms with Gasteiger partial charge in [0.1, 0.15) is 19.3 Å². The van der Waals surface area contributed by atoms with Gasteiger partial charge < -0.3 is 19.3 Å². The Bertz CT molecular complexity index is 512. The first-order valence-corrected chi connectivity index (χ1v) is 9.30. The Morgan fingerprint density at radius 2 is 1.84 bits per heavy atom. The molecule has 1 saturated heterocycles. The molecule has 5 heteroatoms. The third-order valence-electron chi connectivity index (χ3n) is 4.87. The van der Waals surface area contributed by atoms with E-state index in [9.17, 15) is 5.11 Å². The Morgan fingerprint density at radius 1 is 1.12 bits per heavy atom. The van der Waals surface area contributed by atoms with Crippen LogP contribution < -0.4 is 9.47 Å². The molecule has 0 spiro atoms. The molecule has 0 saturated carbocycles. The molecule has 5 nitrogen and oxygen atoms in total. The van der Waals surface area contributed by atoms with E-state index in [2.05, 4.69) is 18.7 Å². The Labute approximate surface area is 151 Å². The van der Waals surface area contributed by atoms with Crippen LogP contribution in [0.1, 0.15) is 38.7 Å². The second kappa shape index (κ2) is 10.00. The lowest BCUT2D eigenvalue weighted by Crippen LogP contribution is -2.48. The summed E-state index contributed by atoms with van der Waals surface area (Å²) >= 11 is 0. The van der Waals surface area contributed by atoms with Gasteiger partial charge in [0.25, 0.3) is 0 Å². The molecule has 3 unspecified atom stereocenters.